The van der Waals surface area contributed by atoms with E-state index >= 15 is 0 Å². The number of benzene rings is 1. The minimum atomic E-state index is -4.85. The summed E-state index contributed by atoms with van der Waals surface area (Å²) in [5.41, 5.74) is -0.682. The average molecular weight is 439 g/mol. The standard InChI is InChI=1S/C21H25F4N5O/c1-12-11-26-20(29-18(12)30(2)3)28-15-7-5-14(6-8-15)27-19(31)13-4-9-17(22)16(10-13)21(23,24)25/h4,9-11,14-15H,5-8H2,1-3H3,(H,27,31)(H,26,28,29)/t14-,15+. The summed E-state index contributed by atoms with van der Waals surface area (Å²) in [6, 6.07) is 2.25. The monoisotopic (exact) mass is 439 g/mol. The molecule has 0 bridgehead atoms. The second kappa shape index (κ2) is 9.07. The highest BCUT2D eigenvalue weighted by atomic mass is 19.4. The lowest BCUT2D eigenvalue weighted by Crippen LogP contribution is -2.40. The molecule has 0 saturated heterocycles. The molecule has 1 aliphatic rings. The van der Waals surface area contributed by atoms with Gasteiger partial charge in [-0.15, -0.1) is 0 Å². The number of nitrogens with zero attached hydrogens (tertiary/aromatic N) is 3. The molecule has 0 spiro atoms. The molecule has 1 aromatic heterocycles. The lowest BCUT2D eigenvalue weighted by Gasteiger charge is -2.30. The summed E-state index contributed by atoms with van der Waals surface area (Å²) < 4.78 is 52.0. The van der Waals surface area contributed by atoms with E-state index in [2.05, 4.69) is 20.6 Å². The van der Waals surface area contributed by atoms with Gasteiger partial charge in [0.2, 0.25) is 5.95 Å². The fraction of sp³-hybridized carbons (Fsp3) is 0.476. The second-order valence-corrected chi connectivity index (χ2v) is 7.95. The summed E-state index contributed by atoms with van der Waals surface area (Å²) in [4.78, 5) is 23.1. The van der Waals surface area contributed by atoms with Gasteiger partial charge in [0.25, 0.3) is 5.91 Å². The molecule has 0 atom stereocenters. The molecule has 168 valence electrons. The molecule has 0 radical (unpaired) electrons. The Labute approximate surface area is 178 Å². The van der Waals surface area contributed by atoms with Crippen LogP contribution in [0.25, 0.3) is 0 Å². The summed E-state index contributed by atoms with van der Waals surface area (Å²) in [7, 11) is 3.82. The van der Waals surface area contributed by atoms with Gasteiger partial charge >= 0.3 is 6.18 Å². The molecule has 6 nitrogen and oxygen atoms in total. The molecule has 0 aliphatic heterocycles. The van der Waals surface area contributed by atoms with Gasteiger partial charge in [0.15, 0.2) is 0 Å². The Bertz CT molecular complexity index is 940. The fourth-order valence-corrected chi connectivity index (χ4v) is 3.67. The minimum absolute atomic E-state index is 0.133. The highest BCUT2D eigenvalue weighted by Gasteiger charge is 2.35. The first-order valence-corrected chi connectivity index (χ1v) is 9.99. The predicted molar refractivity (Wildman–Crippen MR) is 110 cm³/mol. The van der Waals surface area contributed by atoms with Crippen LogP contribution in [-0.4, -0.2) is 42.1 Å². The van der Waals surface area contributed by atoms with E-state index in [1.807, 2.05) is 25.9 Å². The Morgan fingerprint density at radius 1 is 1.13 bits per heavy atom. The largest absolute Gasteiger partial charge is 0.419 e. The molecule has 1 saturated carbocycles. The van der Waals surface area contributed by atoms with E-state index in [1.54, 1.807) is 6.20 Å². The normalized spacial score (nSPS) is 19.1. The van der Waals surface area contributed by atoms with Crippen molar-refractivity contribution in [3.8, 4) is 0 Å². The average Bonchev–Trinajstić information content (AvgIpc) is 2.70. The number of aromatic nitrogens is 2. The van der Waals surface area contributed by atoms with Crippen molar-refractivity contribution in [2.45, 2.75) is 50.9 Å². The van der Waals surface area contributed by atoms with Crippen LogP contribution in [0.15, 0.2) is 24.4 Å². The van der Waals surface area contributed by atoms with Crippen LogP contribution in [0.4, 0.5) is 29.3 Å². The number of amides is 1. The number of halogens is 4. The topological polar surface area (TPSA) is 70.1 Å². The number of anilines is 2. The van der Waals surface area contributed by atoms with Crippen LogP contribution in [0.3, 0.4) is 0 Å². The first-order chi connectivity index (χ1) is 14.5. The van der Waals surface area contributed by atoms with E-state index < -0.39 is 23.5 Å². The molecule has 2 N–H and O–H groups in total. The third kappa shape index (κ3) is 5.62. The van der Waals surface area contributed by atoms with E-state index in [9.17, 15) is 22.4 Å². The summed E-state index contributed by atoms with van der Waals surface area (Å²) in [5.74, 6) is -0.672. The van der Waals surface area contributed by atoms with Gasteiger partial charge in [-0.3, -0.25) is 4.79 Å². The van der Waals surface area contributed by atoms with Crippen molar-refractivity contribution in [1.29, 1.82) is 0 Å². The van der Waals surface area contributed by atoms with Gasteiger partial charge in [-0.25, -0.2) is 9.37 Å². The van der Waals surface area contributed by atoms with Crippen LogP contribution in [-0.2, 0) is 6.18 Å². The highest BCUT2D eigenvalue weighted by Crippen LogP contribution is 2.32. The molecule has 31 heavy (non-hydrogen) atoms. The van der Waals surface area contributed by atoms with Crippen molar-refractivity contribution in [3.05, 3.63) is 46.9 Å². The summed E-state index contributed by atoms with van der Waals surface area (Å²) in [6.07, 6.45) is -0.289. The van der Waals surface area contributed by atoms with Crippen molar-refractivity contribution in [1.82, 2.24) is 15.3 Å². The van der Waals surface area contributed by atoms with Crippen LogP contribution >= 0.6 is 0 Å². The zero-order valence-corrected chi connectivity index (χ0v) is 17.6. The van der Waals surface area contributed by atoms with Crippen molar-refractivity contribution in [2.75, 3.05) is 24.3 Å². The Balaban J connectivity index is 1.56. The third-order valence-electron chi connectivity index (χ3n) is 5.30. The Kier molecular flexibility index (Phi) is 6.66. The number of nitrogens with one attached hydrogen (secondary N) is 2. The number of carbonyl (C=O) groups excluding carboxylic acids is 1. The number of hydrogen-bond acceptors (Lipinski definition) is 5. The Morgan fingerprint density at radius 2 is 1.77 bits per heavy atom. The number of rotatable bonds is 5. The maximum Gasteiger partial charge on any atom is 0.419 e. The fourth-order valence-electron chi connectivity index (χ4n) is 3.67. The predicted octanol–water partition coefficient (Wildman–Crippen LogP) is 4.16. The SMILES string of the molecule is Cc1cnc(N[C@H]2CC[C@@H](NC(=O)c3ccc(F)c(C(F)(F)F)c3)CC2)nc1N(C)C. The molecule has 10 heteroatoms. The van der Waals surface area contributed by atoms with E-state index in [0.717, 1.165) is 30.3 Å². The van der Waals surface area contributed by atoms with Crippen LogP contribution in [0.1, 0.15) is 47.2 Å². The van der Waals surface area contributed by atoms with E-state index in [0.29, 0.717) is 30.9 Å². The van der Waals surface area contributed by atoms with Crippen molar-refractivity contribution >= 4 is 17.7 Å². The molecule has 1 fully saturated rings. The lowest BCUT2D eigenvalue weighted by atomic mass is 9.91. The maximum absolute atomic E-state index is 13.4. The van der Waals surface area contributed by atoms with Crippen molar-refractivity contribution < 1.29 is 22.4 Å². The molecule has 0 unspecified atom stereocenters. The molecular weight excluding hydrogens is 414 g/mol. The van der Waals surface area contributed by atoms with Crippen molar-refractivity contribution in [2.24, 2.45) is 0 Å². The van der Waals surface area contributed by atoms with Gasteiger partial charge in [-0.1, -0.05) is 0 Å². The number of carbonyl (C=O) groups is 1. The summed E-state index contributed by atoms with van der Waals surface area (Å²) in [6.45, 7) is 1.94. The quantitative estimate of drug-likeness (QED) is 0.685. The molecule has 1 aromatic carbocycles. The van der Waals surface area contributed by atoms with Crippen LogP contribution < -0.4 is 15.5 Å². The number of hydrogen-bond donors (Lipinski definition) is 2. The minimum Gasteiger partial charge on any atom is -0.362 e. The molecule has 2 aromatic rings. The van der Waals surface area contributed by atoms with Gasteiger partial charge in [0.05, 0.1) is 5.56 Å². The first kappa shape index (κ1) is 22.8. The van der Waals surface area contributed by atoms with E-state index in [4.69, 9.17) is 0 Å². The van der Waals surface area contributed by atoms with Crippen molar-refractivity contribution in [3.63, 3.8) is 0 Å². The van der Waals surface area contributed by atoms with E-state index in [1.165, 1.54) is 0 Å². The van der Waals surface area contributed by atoms with Gasteiger partial charge in [-0.05, 0) is 50.8 Å². The first-order valence-electron chi connectivity index (χ1n) is 9.99. The zero-order chi connectivity index (χ0) is 22.8. The van der Waals surface area contributed by atoms with Gasteiger partial charge in [0.1, 0.15) is 11.6 Å². The smallest absolute Gasteiger partial charge is 0.362 e. The third-order valence-corrected chi connectivity index (χ3v) is 5.30. The van der Waals surface area contributed by atoms with Crippen LogP contribution in [0.5, 0.6) is 0 Å². The Morgan fingerprint density at radius 3 is 2.39 bits per heavy atom. The molecule has 1 aliphatic carbocycles. The second-order valence-electron chi connectivity index (χ2n) is 7.95. The molecule has 1 heterocycles. The Hall–Kier alpha value is -2.91. The van der Waals surface area contributed by atoms with Gasteiger partial charge < -0.3 is 15.5 Å². The van der Waals surface area contributed by atoms with Gasteiger partial charge in [-0.2, -0.15) is 18.2 Å². The molecular formula is C21H25F4N5O. The van der Waals surface area contributed by atoms with E-state index in [-0.39, 0.29) is 17.6 Å². The van der Waals surface area contributed by atoms with Gasteiger partial charge in [0, 0.05) is 43.5 Å². The summed E-state index contributed by atoms with van der Waals surface area (Å²) >= 11 is 0. The highest BCUT2D eigenvalue weighted by molar-refractivity contribution is 5.94. The molecule has 3 rings (SSSR count). The van der Waals surface area contributed by atoms with Crippen LogP contribution in [0.2, 0.25) is 0 Å². The maximum atomic E-state index is 13.4. The number of alkyl halides is 3. The molecule has 1 amide bonds. The zero-order valence-electron chi connectivity index (χ0n) is 17.6. The number of aryl methyl sites for hydroxylation is 1. The summed E-state index contributed by atoms with van der Waals surface area (Å²) in [5, 5.41) is 6.07. The lowest BCUT2D eigenvalue weighted by molar-refractivity contribution is -0.140. The van der Waals surface area contributed by atoms with Crippen LogP contribution in [0, 0.1) is 12.7 Å².